The Balaban J connectivity index is 3.11. The highest BCUT2D eigenvalue weighted by Gasteiger charge is 2.48. The molecule has 0 aromatic heterocycles. The third kappa shape index (κ3) is 5.92. The largest absolute Gasteiger partial charge is 0.400 e. The molecule has 0 fully saturated rings. The summed E-state index contributed by atoms with van der Waals surface area (Å²) in [5.41, 5.74) is 1.56. The van der Waals surface area contributed by atoms with Crippen molar-refractivity contribution in [2.24, 2.45) is 5.92 Å². The highest BCUT2D eigenvalue weighted by molar-refractivity contribution is 6.77. The van der Waals surface area contributed by atoms with Crippen LogP contribution in [0, 0.1) is 17.8 Å². The molecule has 3 nitrogen and oxygen atoms in total. The summed E-state index contributed by atoms with van der Waals surface area (Å²) >= 11 is 0. The Morgan fingerprint density at radius 2 is 1.44 bits per heavy atom. The first-order valence-corrected chi connectivity index (χ1v) is 12.2. The van der Waals surface area contributed by atoms with Crippen LogP contribution in [0.25, 0.3) is 0 Å². The number of rotatable bonds is 8. The van der Waals surface area contributed by atoms with E-state index in [1.807, 2.05) is 44.2 Å². The van der Waals surface area contributed by atoms with E-state index in [9.17, 15) is 10.2 Å². The van der Waals surface area contributed by atoms with Crippen molar-refractivity contribution in [3.05, 3.63) is 35.9 Å². The Bertz CT molecular complexity index is 604. The van der Waals surface area contributed by atoms with Gasteiger partial charge in [-0.15, -0.1) is 0 Å². The molecular formula is C23H38O3Si. The van der Waals surface area contributed by atoms with Gasteiger partial charge in [-0.1, -0.05) is 83.7 Å². The summed E-state index contributed by atoms with van der Waals surface area (Å²) in [4.78, 5) is 0. The van der Waals surface area contributed by atoms with Crippen LogP contribution < -0.4 is 0 Å². The van der Waals surface area contributed by atoms with Crippen molar-refractivity contribution < 1.29 is 14.6 Å². The summed E-state index contributed by atoms with van der Waals surface area (Å²) in [5.74, 6) is 5.78. The molecule has 0 saturated carbocycles. The van der Waals surface area contributed by atoms with E-state index in [0.29, 0.717) is 16.6 Å². The molecule has 27 heavy (non-hydrogen) atoms. The van der Waals surface area contributed by atoms with Gasteiger partial charge in [-0.05, 0) is 36.0 Å². The van der Waals surface area contributed by atoms with Crippen molar-refractivity contribution in [3.63, 3.8) is 0 Å². The van der Waals surface area contributed by atoms with Crippen LogP contribution in [0.3, 0.4) is 0 Å². The number of aliphatic hydroxyl groups is 2. The predicted molar refractivity (Wildman–Crippen MR) is 116 cm³/mol. The van der Waals surface area contributed by atoms with Gasteiger partial charge in [0, 0.05) is 0 Å². The van der Waals surface area contributed by atoms with E-state index in [1.165, 1.54) is 0 Å². The van der Waals surface area contributed by atoms with Crippen LogP contribution in [0.1, 0.15) is 67.1 Å². The molecule has 152 valence electrons. The molecular weight excluding hydrogens is 352 g/mol. The predicted octanol–water partition coefficient (Wildman–Crippen LogP) is 5.30. The molecule has 2 atom stereocenters. The second-order valence-electron chi connectivity index (χ2n) is 8.84. The van der Waals surface area contributed by atoms with Crippen LogP contribution in [0.2, 0.25) is 16.6 Å². The number of hydrogen-bond donors (Lipinski definition) is 2. The molecule has 0 amide bonds. The molecule has 0 aliphatic rings. The minimum Gasteiger partial charge on any atom is -0.400 e. The smallest absolute Gasteiger partial charge is 0.202 e. The SMILES string of the molecule is CC(C)[Si](OC(C)(C)C#C[C@H](CO)[C@H](O)c1ccccc1)(C(C)C)C(C)C. The first kappa shape index (κ1) is 23.9. The van der Waals surface area contributed by atoms with Gasteiger partial charge in [0.05, 0.1) is 18.6 Å². The number of hydrogen-bond acceptors (Lipinski definition) is 3. The summed E-state index contributed by atoms with van der Waals surface area (Å²) in [6.07, 6.45) is -0.818. The average molecular weight is 391 g/mol. The first-order valence-electron chi connectivity index (χ1n) is 10.0. The summed E-state index contributed by atoms with van der Waals surface area (Å²) in [6.45, 7) is 17.3. The molecule has 1 rings (SSSR count). The molecule has 0 aliphatic carbocycles. The lowest BCUT2D eigenvalue weighted by Gasteiger charge is -2.46. The Morgan fingerprint density at radius 3 is 1.85 bits per heavy atom. The van der Waals surface area contributed by atoms with E-state index >= 15 is 0 Å². The fraction of sp³-hybridized carbons (Fsp3) is 0.652. The van der Waals surface area contributed by atoms with Crippen molar-refractivity contribution in [2.45, 2.75) is 83.7 Å². The van der Waals surface area contributed by atoms with E-state index in [0.717, 1.165) is 5.56 Å². The Morgan fingerprint density at radius 1 is 0.963 bits per heavy atom. The second-order valence-corrected chi connectivity index (χ2v) is 14.2. The van der Waals surface area contributed by atoms with E-state index in [4.69, 9.17) is 4.43 Å². The van der Waals surface area contributed by atoms with E-state index in [-0.39, 0.29) is 6.61 Å². The molecule has 0 aliphatic heterocycles. The molecule has 1 aromatic carbocycles. The van der Waals surface area contributed by atoms with Gasteiger partial charge in [0.15, 0.2) is 0 Å². The van der Waals surface area contributed by atoms with E-state index in [2.05, 4.69) is 53.4 Å². The second kappa shape index (κ2) is 9.89. The zero-order chi connectivity index (χ0) is 20.8. The molecule has 4 heteroatoms. The van der Waals surface area contributed by atoms with Gasteiger partial charge in [-0.3, -0.25) is 0 Å². The van der Waals surface area contributed by atoms with E-state index < -0.39 is 25.9 Å². The molecule has 1 aromatic rings. The minimum atomic E-state index is -2.06. The Kier molecular flexibility index (Phi) is 8.76. The maximum Gasteiger partial charge on any atom is 0.202 e. The average Bonchev–Trinajstić information content (AvgIpc) is 2.59. The van der Waals surface area contributed by atoms with Crippen LogP contribution in [0.5, 0.6) is 0 Å². The maximum atomic E-state index is 10.6. The van der Waals surface area contributed by atoms with Crippen LogP contribution >= 0.6 is 0 Å². The molecule has 0 heterocycles. The van der Waals surface area contributed by atoms with Crippen molar-refractivity contribution >= 4 is 8.32 Å². The standard InChI is InChI=1S/C23H38O3Si/c1-17(2)27(18(3)4,19(5)6)26-23(7,8)15-14-21(16-24)22(25)20-12-10-9-11-13-20/h9-13,17-19,21-22,24-25H,16H2,1-8H3/t21-,22-/m1/s1. The van der Waals surface area contributed by atoms with Gasteiger partial charge in [0.2, 0.25) is 8.32 Å². The maximum absolute atomic E-state index is 10.6. The third-order valence-electron chi connectivity index (χ3n) is 5.42. The molecule has 0 saturated heterocycles. The van der Waals surface area contributed by atoms with E-state index in [1.54, 1.807) is 0 Å². The van der Waals surface area contributed by atoms with Crippen molar-refractivity contribution in [1.82, 2.24) is 0 Å². The van der Waals surface area contributed by atoms with Crippen LogP contribution in [0.4, 0.5) is 0 Å². The molecule has 0 unspecified atom stereocenters. The van der Waals surface area contributed by atoms with Crippen LogP contribution in [-0.2, 0) is 4.43 Å². The highest BCUT2D eigenvalue weighted by Crippen LogP contribution is 2.44. The summed E-state index contributed by atoms with van der Waals surface area (Å²) < 4.78 is 6.79. The monoisotopic (exact) mass is 390 g/mol. The quantitative estimate of drug-likeness (QED) is 0.467. The highest BCUT2D eigenvalue weighted by atomic mass is 28.4. The lowest BCUT2D eigenvalue weighted by molar-refractivity contribution is 0.0957. The van der Waals surface area contributed by atoms with Gasteiger partial charge >= 0.3 is 0 Å². The topological polar surface area (TPSA) is 49.7 Å². The van der Waals surface area contributed by atoms with Gasteiger partial charge in [-0.25, -0.2) is 0 Å². The zero-order valence-electron chi connectivity index (χ0n) is 18.3. The van der Waals surface area contributed by atoms with Gasteiger partial charge in [0.1, 0.15) is 5.60 Å². The lowest BCUT2D eigenvalue weighted by Crippen LogP contribution is -2.52. The molecule has 0 bridgehead atoms. The fourth-order valence-electron chi connectivity index (χ4n) is 4.19. The first-order chi connectivity index (χ1) is 12.5. The number of aliphatic hydroxyl groups excluding tert-OH is 2. The molecule has 0 spiro atoms. The summed E-state index contributed by atoms with van der Waals surface area (Å²) in [5, 5.41) is 20.3. The fourth-order valence-corrected chi connectivity index (χ4v) is 9.84. The Labute approximate surface area is 167 Å². The van der Waals surface area contributed by atoms with Crippen molar-refractivity contribution in [3.8, 4) is 11.8 Å². The third-order valence-corrected chi connectivity index (χ3v) is 11.7. The van der Waals surface area contributed by atoms with Crippen molar-refractivity contribution in [2.75, 3.05) is 6.61 Å². The summed E-state index contributed by atoms with van der Waals surface area (Å²) in [6, 6.07) is 9.36. The van der Waals surface area contributed by atoms with Gasteiger partial charge < -0.3 is 14.6 Å². The van der Waals surface area contributed by atoms with Crippen LogP contribution in [-0.4, -0.2) is 30.7 Å². The Hall–Kier alpha value is -1.12. The summed E-state index contributed by atoms with van der Waals surface area (Å²) in [7, 11) is -2.06. The zero-order valence-corrected chi connectivity index (χ0v) is 19.3. The van der Waals surface area contributed by atoms with Gasteiger partial charge in [0.25, 0.3) is 0 Å². The van der Waals surface area contributed by atoms with Crippen molar-refractivity contribution in [1.29, 1.82) is 0 Å². The van der Waals surface area contributed by atoms with Gasteiger partial charge in [-0.2, -0.15) is 0 Å². The molecule has 2 N–H and O–H groups in total. The number of benzene rings is 1. The minimum absolute atomic E-state index is 0.194. The normalized spacial score (nSPS) is 15.0. The van der Waals surface area contributed by atoms with Crippen LogP contribution in [0.15, 0.2) is 30.3 Å². The lowest BCUT2D eigenvalue weighted by atomic mass is 9.96. The molecule has 0 radical (unpaired) electrons.